The van der Waals surface area contributed by atoms with E-state index in [-0.39, 0.29) is 24.2 Å². The molecule has 4 rings (SSSR count). The van der Waals surface area contributed by atoms with Crippen LogP contribution in [0.2, 0.25) is 0 Å². The van der Waals surface area contributed by atoms with Gasteiger partial charge in [0.05, 0.1) is 12.6 Å². The summed E-state index contributed by atoms with van der Waals surface area (Å²) in [6, 6.07) is 7.85. The molecule has 2 aromatic heterocycles. The number of nitrogens with zero attached hydrogens (tertiary/aromatic N) is 4. The number of benzene rings is 1. The smallest absolute Gasteiger partial charge is 0.226 e. The van der Waals surface area contributed by atoms with Gasteiger partial charge in [-0.2, -0.15) is 0 Å². The molecule has 1 amide bonds. The molecule has 0 radical (unpaired) electrons. The third-order valence-electron chi connectivity index (χ3n) is 4.69. The minimum Gasteiger partial charge on any atom is -0.376 e. The van der Waals surface area contributed by atoms with Gasteiger partial charge in [-0.1, -0.05) is 16.9 Å². The van der Waals surface area contributed by atoms with Crippen LogP contribution in [-0.2, 0) is 16.1 Å². The second-order valence-corrected chi connectivity index (χ2v) is 8.09. The largest absolute Gasteiger partial charge is 0.376 e. The Kier molecular flexibility index (Phi) is 6.44. The van der Waals surface area contributed by atoms with E-state index < -0.39 is 0 Å². The molecule has 1 aliphatic rings. The number of nitrogens with one attached hydrogen (secondary N) is 1. The molecule has 8 nitrogen and oxygen atoms in total. The molecule has 158 valence electrons. The summed E-state index contributed by atoms with van der Waals surface area (Å²) in [5.74, 6) is 1.77. The number of hydrogen-bond donors (Lipinski definition) is 1. The number of ether oxygens (including phenoxy) is 1. The van der Waals surface area contributed by atoms with Crippen LogP contribution in [-0.4, -0.2) is 44.3 Å². The van der Waals surface area contributed by atoms with Crippen molar-refractivity contribution in [1.82, 2.24) is 19.9 Å². The molecule has 3 heterocycles. The predicted molar refractivity (Wildman–Crippen MR) is 110 cm³/mol. The van der Waals surface area contributed by atoms with E-state index in [9.17, 15) is 9.18 Å². The first-order valence-corrected chi connectivity index (χ1v) is 10.7. The first-order valence-electron chi connectivity index (χ1n) is 9.75. The molecule has 30 heavy (non-hydrogen) atoms. The molecule has 1 fully saturated rings. The number of aromatic nitrogens is 4. The number of aryl methyl sites for hydroxylation is 1. The van der Waals surface area contributed by atoms with Crippen LogP contribution in [0.25, 0.3) is 11.4 Å². The third-order valence-corrected chi connectivity index (χ3v) is 5.65. The number of hydrogen-bond acceptors (Lipinski definition) is 7. The van der Waals surface area contributed by atoms with Gasteiger partial charge >= 0.3 is 0 Å². The lowest BCUT2D eigenvalue weighted by atomic mass is 10.2. The van der Waals surface area contributed by atoms with Gasteiger partial charge in [0.25, 0.3) is 0 Å². The summed E-state index contributed by atoms with van der Waals surface area (Å²) >= 11 is 1.45. The molecule has 0 aliphatic carbocycles. The molecule has 1 unspecified atom stereocenters. The van der Waals surface area contributed by atoms with E-state index in [1.807, 2.05) is 4.57 Å². The van der Waals surface area contributed by atoms with Gasteiger partial charge in [-0.05, 0) is 44.0 Å². The van der Waals surface area contributed by atoms with E-state index in [2.05, 4.69) is 20.7 Å². The molecule has 1 aromatic carbocycles. The zero-order valence-corrected chi connectivity index (χ0v) is 17.3. The third kappa shape index (κ3) is 5.06. The van der Waals surface area contributed by atoms with Crippen molar-refractivity contribution >= 4 is 23.5 Å². The highest BCUT2D eigenvalue weighted by atomic mass is 32.2. The van der Waals surface area contributed by atoms with E-state index in [0.29, 0.717) is 34.9 Å². The highest BCUT2D eigenvalue weighted by Crippen LogP contribution is 2.27. The molecular formula is C20H22FN5O3S. The molecule has 0 saturated carbocycles. The fourth-order valence-electron chi connectivity index (χ4n) is 3.23. The molecule has 0 spiro atoms. The maximum atomic E-state index is 13.3. The monoisotopic (exact) mass is 431 g/mol. The van der Waals surface area contributed by atoms with E-state index in [1.165, 1.54) is 23.9 Å². The van der Waals surface area contributed by atoms with Crippen molar-refractivity contribution in [2.45, 2.75) is 44.0 Å². The topological polar surface area (TPSA) is 95.1 Å². The van der Waals surface area contributed by atoms with Gasteiger partial charge in [-0.3, -0.25) is 9.36 Å². The molecule has 0 bridgehead atoms. The lowest BCUT2D eigenvalue weighted by molar-refractivity contribution is -0.115. The Morgan fingerprint density at radius 1 is 1.33 bits per heavy atom. The number of anilines is 1. The van der Waals surface area contributed by atoms with Gasteiger partial charge in [-0.25, -0.2) is 4.39 Å². The van der Waals surface area contributed by atoms with Crippen LogP contribution in [0.3, 0.4) is 0 Å². The zero-order chi connectivity index (χ0) is 20.9. The lowest BCUT2D eigenvalue weighted by Gasteiger charge is -2.14. The average molecular weight is 431 g/mol. The highest BCUT2D eigenvalue weighted by Gasteiger charge is 2.22. The fourth-order valence-corrected chi connectivity index (χ4v) is 4.12. The highest BCUT2D eigenvalue weighted by molar-refractivity contribution is 7.99. The van der Waals surface area contributed by atoms with Crippen molar-refractivity contribution in [3.8, 4) is 11.4 Å². The van der Waals surface area contributed by atoms with Crippen LogP contribution in [0.15, 0.2) is 40.0 Å². The summed E-state index contributed by atoms with van der Waals surface area (Å²) in [7, 11) is 0. The first kappa shape index (κ1) is 20.5. The quantitative estimate of drug-likeness (QED) is 0.544. The number of carbonyl (C=O) groups excluding carboxylic acids is 1. The molecule has 3 aromatic rings. The van der Waals surface area contributed by atoms with Crippen LogP contribution >= 0.6 is 11.8 Å². The van der Waals surface area contributed by atoms with Crippen molar-refractivity contribution in [3.63, 3.8) is 0 Å². The van der Waals surface area contributed by atoms with Gasteiger partial charge in [0.1, 0.15) is 11.6 Å². The Balaban J connectivity index is 1.43. The van der Waals surface area contributed by atoms with Gasteiger partial charge in [0, 0.05) is 30.4 Å². The van der Waals surface area contributed by atoms with Crippen molar-refractivity contribution in [3.05, 3.63) is 41.9 Å². The average Bonchev–Trinajstić information content (AvgIpc) is 3.46. The van der Waals surface area contributed by atoms with E-state index in [0.717, 1.165) is 25.0 Å². The van der Waals surface area contributed by atoms with Crippen LogP contribution in [0.4, 0.5) is 10.2 Å². The van der Waals surface area contributed by atoms with Gasteiger partial charge in [0.15, 0.2) is 16.8 Å². The van der Waals surface area contributed by atoms with Crippen LogP contribution in [0.1, 0.15) is 25.0 Å². The summed E-state index contributed by atoms with van der Waals surface area (Å²) in [6.45, 7) is 3.13. The summed E-state index contributed by atoms with van der Waals surface area (Å²) in [4.78, 5) is 12.1. The van der Waals surface area contributed by atoms with Crippen molar-refractivity contribution in [2.75, 3.05) is 17.7 Å². The minimum atomic E-state index is -0.299. The summed E-state index contributed by atoms with van der Waals surface area (Å²) in [6.07, 6.45) is 2.39. The standard InChI is InChI=1S/C20H22FN5O3S/c1-13-11-17(25-29-13)22-18(27)8-10-30-20-24-23-19(14-4-6-15(21)7-5-14)26(20)12-16-3-2-9-28-16/h4-7,11,16H,2-3,8-10,12H2,1H3,(H,22,25,27). The van der Waals surface area contributed by atoms with E-state index in [1.54, 1.807) is 25.1 Å². The molecule has 1 atom stereocenters. The van der Waals surface area contributed by atoms with Gasteiger partial charge < -0.3 is 14.6 Å². The van der Waals surface area contributed by atoms with Crippen LogP contribution in [0, 0.1) is 12.7 Å². The Labute approximate surface area is 177 Å². The molecule has 1 aliphatic heterocycles. The Hall–Kier alpha value is -2.72. The van der Waals surface area contributed by atoms with E-state index in [4.69, 9.17) is 9.26 Å². The van der Waals surface area contributed by atoms with Gasteiger partial charge in [-0.15, -0.1) is 10.2 Å². The van der Waals surface area contributed by atoms with Crippen molar-refractivity contribution < 1.29 is 18.4 Å². The summed E-state index contributed by atoms with van der Waals surface area (Å²) in [5, 5.41) is 15.8. The zero-order valence-electron chi connectivity index (χ0n) is 16.5. The maximum absolute atomic E-state index is 13.3. The Morgan fingerprint density at radius 3 is 2.87 bits per heavy atom. The minimum absolute atomic E-state index is 0.0956. The first-order chi connectivity index (χ1) is 14.6. The normalized spacial score (nSPS) is 16.1. The van der Waals surface area contributed by atoms with Gasteiger partial charge in [0.2, 0.25) is 5.91 Å². The van der Waals surface area contributed by atoms with Crippen molar-refractivity contribution in [1.29, 1.82) is 0 Å². The maximum Gasteiger partial charge on any atom is 0.226 e. The molecule has 1 N–H and O–H groups in total. The summed E-state index contributed by atoms with van der Waals surface area (Å²) in [5.41, 5.74) is 0.785. The van der Waals surface area contributed by atoms with Crippen LogP contribution in [0.5, 0.6) is 0 Å². The fraction of sp³-hybridized carbons (Fsp3) is 0.400. The number of amides is 1. The number of carbonyl (C=O) groups is 1. The predicted octanol–water partition coefficient (Wildman–Crippen LogP) is 3.68. The van der Waals surface area contributed by atoms with Crippen molar-refractivity contribution in [2.24, 2.45) is 0 Å². The second kappa shape index (κ2) is 9.40. The molecule has 10 heteroatoms. The second-order valence-electron chi connectivity index (χ2n) is 7.03. The Bertz CT molecular complexity index is 998. The molecule has 1 saturated heterocycles. The lowest BCUT2D eigenvalue weighted by Crippen LogP contribution is -2.17. The summed E-state index contributed by atoms with van der Waals surface area (Å²) < 4.78 is 26.0. The molecular weight excluding hydrogens is 409 g/mol. The Morgan fingerprint density at radius 2 is 2.17 bits per heavy atom. The number of halogens is 1. The SMILES string of the molecule is Cc1cc(NC(=O)CCSc2nnc(-c3ccc(F)cc3)n2CC2CCCO2)no1. The van der Waals surface area contributed by atoms with E-state index >= 15 is 0 Å². The van der Waals surface area contributed by atoms with Crippen LogP contribution < -0.4 is 5.32 Å². The number of rotatable bonds is 8. The number of thioether (sulfide) groups is 1.